The Morgan fingerprint density at radius 3 is 2.57 bits per heavy atom. The number of anilines is 1. The number of para-hydroxylation sites is 1. The lowest BCUT2D eigenvalue weighted by Gasteiger charge is -2.23. The molecule has 3 aliphatic rings. The number of hydrogen-bond donors (Lipinski definition) is 0. The molecule has 6 heteroatoms. The Kier molecular flexibility index (Phi) is 2.98. The third-order valence-electron chi connectivity index (χ3n) is 5.30. The summed E-state index contributed by atoms with van der Waals surface area (Å²) in [5, 5.41) is 0. The molecule has 2 atom stereocenters. The van der Waals surface area contributed by atoms with Gasteiger partial charge in [0.2, 0.25) is 5.91 Å². The van der Waals surface area contributed by atoms with Crippen LogP contribution in [-0.4, -0.2) is 52.3 Å². The van der Waals surface area contributed by atoms with E-state index in [1.165, 1.54) is 4.90 Å². The first-order chi connectivity index (χ1) is 11.0. The van der Waals surface area contributed by atoms with E-state index in [4.69, 9.17) is 0 Å². The molecule has 3 saturated heterocycles. The molecule has 1 aromatic carbocycles. The second-order valence-electron chi connectivity index (χ2n) is 6.68. The van der Waals surface area contributed by atoms with E-state index in [0.717, 1.165) is 12.1 Å². The second kappa shape index (κ2) is 4.81. The number of urea groups is 1. The quantitative estimate of drug-likeness (QED) is 0.779. The van der Waals surface area contributed by atoms with Crippen molar-refractivity contribution in [3.63, 3.8) is 0 Å². The van der Waals surface area contributed by atoms with Gasteiger partial charge < -0.3 is 9.80 Å². The van der Waals surface area contributed by atoms with Gasteiger partial charge in [0.05, 0.1) is 6.04 Å². The second-order valence-corrected chi connectivity index (χ2v) is 6.68. The van der Waals surface area contributed by atoms with Crippen molar-refractivity contribution in [2.45, 2.75) is 37.8 Å². The van der Waals surface area contributed by atoms with Crippen LogP contribution in [0.15, 0.2) is 30.3 Å². The van der Waals surface area contributed by atoms with Crippen LogP contribution in [0.4, 0.5) is 10.5 Å². The van der Waals surface area contributed by atoms with Crippen LogP contribution < -0.4 is 4.90 Å². The molecule has 0 bridgehead atoms. The van der Waals surface area contributed by atoms with E-state index >= 15 is 0 Å². The third kappa shape index (κ3) is 1.90. The van der Waals surface area contributed by atoms with Gasteiger partial charge in [-0.2, -0.15) is 0 Å². The molecule has 1 aromatic rings. The van der Waals surface area contributed by atoms with Gasteiger partial charge in [-0.25, -0.2) is 4.79 Å². The summed E-state index contributed by atoms with van der Waals surface area (Å²) in [6.45, 7) is 2.84. The minimum Gasteiger partial charge on any atom is -0.310 e. The van der Waals surface area contributed by atoms with Crippen molar-refractivity contribution in [3.05, 3.63) is 30.3 Å². The summed E-state index contributed by atoms with van der Waals surface area (Å²) in [7, 11) is 0. The van der Waals surface area contributed by atoms with E-state index in [-0.39, 0.29) is 30.3 Å². The van der Waals surface area contributed by atoms with E-state index < -0.39 is 5.54 Å². The number of amides is 4. The lowest BCUT2D eigenvalue weighted by Crippen LogP contribution is -2.45. The average Bonchev–Trinajstić information content (AvgIpc) is 3.16. The maximum atomic E-state index is 12.8. The molecule has 6 nitrogen and oxygen atoms in total. The van der Waals surface area contributed by atoms with Gasteiger partial charge in [-0.1, -0.05) is 18.2 Å². The zero-order chi connectivity index (χ0) is 16.2. The summed E-state index contributed by atoms with van der Waals surface area (Å²) >= 11 is 0. The monoisotopic (exact) mass is 313 g/mol. The van der Waals surface area contributed by atoms with Crippen LogP contribution in [0.5, 0.6) is 0 Å². The van der Waals surface area contributed by atoms with Crippen molar-refractivity contribution in [1.29, 1.82) is 0 Å². The van der Waals surface area contributed by atoms with Gasteiger partial charge in [-0.05, 0) is 31.9 Å². The normalized spacial score (nSPS) is 30.6. The highest BCUT2D eigenvalue weighted by molar-refractivity contribution is 6.08. The summed E-state index contributed by atoms with van der Waals surface area (Å²) < 4.78 is 0. The number of imide groups is 1. The maximum absolute atomic E-state index is 12.8. The van der Waals surface area contributed by atoms with E-state index in [9.17, 15) is 14.4 Å². The van der Waals surface area contributed by atoms with E-state index in [0.29, 0.717) is 19.5 Å². The van der Waals surface area contributed by atoms with Gasteiger partial charge in [0, 0.05) is 25.2 Å². The van der Waals surface area contributed by atoms with Crippen LogP contribution in [0.25, 0.3) is 0 Å². The van der Waals surface area contributed by atoms with Gasteiger partial charge in [0.25, 0.3) is 5.91 Å². The Morgan fingerprint density at radius 2 is 1.87 bits per heavy atom. The number of benzene rings is 1. The molecule has 0 radical (unpaired) electrons. The number of fused-ring (bicyclic) bond motifs is 1. The van der Waals surface area contributed by atoms with E-state index in [1.807, 2.05) is 37.3 Å². The molecular weight excluding hydrogens is 294 g/mol. The zero-order valence-electron chi connectivity index (χ0n) is 13.1. The summed E-state index contributed by atoms with van der Waals surface area (Å²) in [4.78, 5) is 42.4. The molecule has 3 heterocycles. The van der Waals surface area contributed by atoms with Crippen molar-refractivity contribution in [2.24, 2.45) is 0 Å². The van der Waals surface area contributed by atoms with Gasteiger partial charge in [0.1, 0.15) is 5.54 Å². The van der Waals surface area contributed by atoms with Gasteiger partial charge in [-0.15, -0.1) is 0 Å². The van der Waals surface area contributed by atoms with Gasteiger partial charge in [-0.3, -0.25) is 14.5 Å². The fourth-order valence-electron chi connectivity index (χ4n) is 4.01. The Morgan fingerprint density at radius 1 is 1.13 bits per heavy atom. The topological polar surface area (TPSA) is 60.9 Å². The number of carbonyl (C=O) groups is 3. The Labute approximate surface area is 134 Å². The minimum atomic E-state index is -0.708. The molecule has 0 N–H and O–H groups in total. The maximum Gasteiger partial charge on any atom is 0.328 e. The predicted octanol–water partition coefficient (Wildman–Crippen LogP) is 1.61. The molecule has 23 heavy (non-hydrogen) atoms. The van der Waals surface area contributed by atoms with Crippen LogP contribution in [0.1, 0.15) is 26.2 Å². The van der Waals surface area contributed by atoms with Crippen LogP contribution in [0.2, 0.25) is 0 Å². The molecule has 120 valence electrons. The minimum absolute atomic E-state index is 0.0426. The molecule has 3 fully saturated rings. The van der Waals surface area contributed by atoms with Gasteiger partial charge in [0.15, 0.2) is 0 Å². The molecule has 3 aliphatic heterocycles. The molecular formula is C17H19N3O3. The fraction of sp³-hybridized carbons (Fsp3) is 0.471. The summed E-state index contributed by atoms with van der Waals surface area (Å²) in [6, 6.07) is 8.77. The van der Waals surface area contributed by atoms with E-state index in [2.05, 4.69) is 0 Å². The van der Waals surface area contributed by atoms with Crippen LogP contribution in [-0.2, 0) is 9.59 Å². The van der Waals surface area contributed by atoms with Crippen molar-refractivity contribution < 1.29 is 14.4 Å². The fourth-order valence-corrected chi connectivity index (χ4v) is 4.01. The lowest BCUT2D eigenvalue weighted by molar-refractivity contribution is -0.133. The number of nitrogens with zero attached hydrogens (tertiary/aromatic N) is 3. The zero-order valence-corrected chi connectivity index (χ0v) is 13.1. The Bertz CT molecular complexity index is 690. The van der Waals surface area contributed by atoms with Gasteiger partial charge >= 0.3 is 6.03 Å². The van der Waals surface area contributed by atoms with Crippen LogP contribution in [0, 0.1) is 0 Å². The highest BCUT2D eigenvalue weighted by Crippen LogP contribution is 2.39. The molecule has 0 spiro atoms. The standard InChI is InChI=1S/C17H19N3O3/c1-17-8-5-9-19(17)16(23)20(15(17)22)13-10-14(21)18(11-13)12-6-3-2-4-7-12/h2-4,6-7,13H,5,8-11H2,1H3/t13?,17-/m0/s1. The van der Waals surface area contributed by atoms with Crippen LogP contribution in [0.3, 0.4) is 0 Å². The SMILES string of the molecule is C[C@@]12CCCN1C(=O)N(C1CC(=O)N(c3ccccc3)C1)C2=O. The molecule has 4 rings (SSSR count). The summed E-state index contributed by atoms with van der Waals surface area (Å²) in [6.07, 6.45) is 1.77. The molecule has 4 amide bonds. The number of carbonyl (C=O) groups excluding carboxylic acids is 3. The Hall–Kier alpha value is -2.37. The summed E-state index contributed by atoms with van der Waals surface area (Å²) in [5.74, 6) is -0.188. The van der Waals surface area contributed by atoms with Crippen molar-refractivity contribution in [1.82, 2.24) is 9.80 Å². The number of rotatable bonds is 2. The average molecular weight is 313 g/mol. The lowest BCUT2D eigenvalue weighted by atomic mass is 9.99. The number of hydrogen-bond acceptors (Lipinski definition) is 3. The highest BCUT2D eigenvalue weighted by Gasteiger charge is 2.59. The highest BCUT2D eigenvalue weighted by atomic mass is 16.2. The first-order valence-electron chi connectivity index (χ1n) is 8.03. The van der Waals surface area contributed by atoms with Crippen LogP contribution >= 0.6 is 0 Å². The van der Waals surface area contributed by atoms with E-state index in [1.54, 1.807) is 9.80 Å². The largest absolute Gasteiger partial charge is 0.328 e. The van der Waals surface area contributed by atoms with Crippen molar-refractivity contribution in [3.8, 4) is 0 Å². The third-order valence-corrected chi connectivity index (χ3v) is 5.30. The first kappa shape index (κ1) is 14.2. The summed E-state index contributed by atoms with van der Waals surface area (Å²) in [5.41, 5.74) is 0.103. The Balaban J connectivity index is 1.60. The first-order valence-corrected chi connectivity index (χ1v) is 8.03. The predicted molar refractivity (Wildman–Crippen MR) is 83.8 cm³/mol. The molecule has 0 saturated carbocycles. The van der Waals surface area contributed by atoms with Crippen molar-refractivity contribution >= 4 is 23.5 Å². The molecule has 0 aromatic heterocycles. The molecule has 1 unspecified atom stereocenters. The smallest absolute Gasteiger partial charge is 0.310 e. The molecule has 0 aliphatic carbocycles. The van der Waals surface area contributed by atoms with Crippen molar-refractivity contribution in [2.75, 3.05) is 18.0 Å².